The molecule has 0 saturated heterocycles. The first-order valence-corrected chi connectivity index (χ1v) is 6.87. The maximum atomic E-state index is 9.58. The van der Waals surface area contributed by atoms with Gasteiger partial charge in [0.1, 0.15) is 11.3 Å². The molecule has 0 unspecified atom stereocenters. The number of oxazole rings is 1. The summed E-state index contributed by atoms with van der Waals surface area (Å²) in [6.07, 6.45) is 0. The Labute approximate surface area is 125 Å². The van der Waals surface area contributed by atoms with E-state index in [1.165, 1.54) is 0 Å². The van der Waals surface area contributed by atoms with Gasteiger partial charge in [0.15, 0.2) is 5.58 Å². The van der Waals surface area contributed by atoms with Gasteiger partial charge in [-0.15, -0.1) is 0 Å². The van der Waals surface area contributed by atoms with Gasteiger partial charge in [-0.05, 0) is 53.2 Å². The third-order valence-electron chi connectivity index (χ3n) is 3.44. The highest BCUT2D eigenvalue weighted by atomic mass is 35.5. The van der Waals surface area contributed by atoms with E-state index in [0.717, 1.165) is 21.9 Å². The van der Waals surface area contributed by atoms with Gasteiger partial charge in [-0.25, -0.2) is 4.98 Å². The Bertz CT molecular complexity index is 975. The molecule has 4 rings (SSSR count). The second-order valence-electron chi connectivity index (χ2n) is 4.84. The Balaban J connectivity index is 1.99. The van der Waals surface area contributed by atoms with Gasteiger partial charge < -0.3 is 9.52 Å². The predicted octanol–water partition coefficient (Wildman–Crippen LogP) is 5.01. The number of hydrogen-bond acceptors (Lipinski definition) is 3. The fraction of sp³-hybridized carbons (Fsp3) is 0. The number of phenols is 1. The third-order valence-corrected chi connectivity index (χ3v) is 3.68. The largest absolute Gasteiger partial charge is 0.508 e. The zero-order valence-electron chi connectivity index (χ0n) is 10.9. The number of hydrogen-bond donors (Lipinski definition) is 1. The number of aromatic hydroxyl groups is 1. The van der Waals surface area contributed by atoms with E-state index in [1.807, 2.05) is 30.3 Å². The molecule has 3 aromatic carbocycles. The Kier molecular flexibility index (Phi) is 2.62. The van der Waals surface area contributed by atoms with E-state index < -0.39 is 0 Å². The highest BCUT2D eigenvalue weighted by molar-refractivity contribution is 6.31. The van der Waals surface area contributed by atoms with Gasteiger partial charge in [0, 0.05) is 10.6 Å². The molecular weight excluding hydrogens is 286 g/mol. The average molecular weight is 296 g/mol. The molecule has 4 aromatic rings. The van der Waals surface area contributed by atoms with Crippen molar-refractivity contribution in [3.63, 3.8) is 0 Å². The Morgan fingerprint density at radius 3 is 2.81 bits per heavy atom. The molecule has 102 valence electrons. The van der Waals surface area contributed by atoms with Crippen LogP contribution in [0, 0.1) is 0 Å². The number of rotatable bonds is 1. The first-order chi connectivity index (χ1) is 10.2. The van der Waals surface area contributed by atoms with E-state index in [2.05, 4.69) is 4.98 Å². The number of nitrogens with zero attached hydrogens (tertiary/aromatic N) is 1. The average Bonchev–Trinajstić information content (AvgIpc) is 2.89. The van der Waals surface area contributed by atoms with Crippen LogP contribution in [0.4, 0.5) is 0 Å². The van der Waals surface area contributed by atoms with Crippen molar-refractivity contribution in [2.75, 3.05) is 0 Å². The molecule has 4 heteroatoms. The van der Waals surface area contributed by atoms with Crippen LogP contribution in [0.15, 0.2) is 59.0 Å². The molecule has 0 bridgehead atoms. The number of fused-ring (bicyclic) bond motifs is 2. The van der Waals surface area contributed by atoms with Crippen molar-refractivity contribution in [3.05, 3.63) is 59.6 Å². The monoisotopic (exact) mass is 295 g/mol. The van der Waals surface area contributed by atoms with Gasteiger partial charge in [0.05, 0.1) is 0 Å². The van der Waals surface area contributed by atoms with Gasteiger partial charge in [-0.3, -0.25) is 0 Å². The summed E-state index contributed by atoms with van der Waals surface area (Å²) in [5, 5.41) is 12.1. The number of phenolic OH excluding ortho intramolecular Hbond substituents is 1. The summed E-state index contributed by atoms with van der Waals surface area (Å²) in [5.74, 6) is 0.785. The second-order valence-corrected chi connectivity index (χ2v) is 5.28. The maximum absolute atomic E-state index is 9.58. The topological polar surface area (TPSA) is 46.3 Å². The molecule has 0 radical (unpaired) electrons. The van der Waals surface area contributed by atoms with Crippen LogP contribution in [0.2, 0.25) is 5.02 Å². The second kappa shape index (κ2) is 4.50. The van der Waals surface area contributed by atoms with E-state index in [4.69, 9.17) is 16.0 Å². The quantitative estimate of drug-likeness (QED) is 0.537. The van der Waals surface area contributed by atoms with Gasteiger partial charge in [0.2, 0.25) is 5.89 Å². The minimum absolute atomic E-state index is 0.240. The molecule has 1 heterocycles. The van der Waals surface area contributed by atoms with E-state index in [9.17, 15) is 5.11 Å². The summed E-state index contributed by atoms with van der Waals surface area (Å²) in [5.41, 5.74) is 2.32. The molecule has 1 N–H and O–H groups in total. The van der Waals surface area contributed by atoms with Crippen LogP contribution in [0.25, 0.3) is 33.3 Å². The van der Waals surface area contributed by atoms with E-state index in [0.29, 0.717) is 16.5 Å². The van der Waals surface area contributed by atoms with Gasteiger partial charge >= 0.3 is 0 Å². The van der Waals surface area contributed by atoms with Crippen LogP contribution in [-0.2, 0) is 0 Å². The normalized spacial score (nSPS) is 11.3. The van der Waals surface area contributed by atoms with Crippen LogP contribution >= 0.6 is 11.6 Å². The SMILES string of the molecule is Oc1ccc2c(-c3nc4cc(Cl)ccc4o3)cccc2c1. The fourth-order valence-corrected chi connectivity index (χ4v) is 2.64. The first kappa shape index (κ1) is 12.2. The molecule has 0 aliphatic rings. The van der Waals surface area contributed by atoms with Crippen LogP contribution in [0.3, 0.4) is 0 Å². The minimum Gasteiger partial charge on any atom is -0.508 e. The third kappa shape index (κ3) is 2.03. The zero-order valence-corrected chi connectivity index (χ0v) is 11.6. The lowest BCUT2D eigenvalue weighted by Crippen LogP contribution is -1.81. The van der Waals surface area contributed by atoms with E-state index in [1.54, 1.807) is 24.3 Å². The summed E-state index contributed by atoms with van der Waals surface area (Å²) in [7, 11) is 0. The van der Waals surface area contributed by atoms with Crippen molar-refractivity contribution in [2.45, 2.75) is 0 Å². The molecule has 0 atom stereocenters. The predicted molar refractivity (Wildman–Crippen MR) is 83.6 cm³/mol. The smallest absolute Gasteiger partial charge is 0.227 e. The summed E-state index contributed by atoms with van der Waals surface area (Å²) >= 11 is 5.98. The molecule has 0 aliphatic carbocycles. The van der Waals surface area contributed by atoms with Crippen molar-refractivity contribution in [3.8, 4) is 17.2 Å². The van der Waals surface area contributed by atoms with Gasteiger partial charge in [-0.1, -0.05) is 23.7 Å². The Morgan fingerprint density at radius 1 is 1.00 bits per heavy atom. The molecule has 0 spiro atoms. The van der Waals surface area contributed by atoms with Crippen LogP contribution < -0.4 is 0 Å². The number of halogens is 1. The van der Waals surface area contributed by atoms with Crippen LogP contribution in [-0.4, -0.2) is 10.1 Å². The van der Waals surface area contributed by atoms with Crippen molar-refractivity contribution >= 4 is 33.5 Å². The Hall–Kier alpha value is -2.52. The molecule has 0 saturated carbocycles. The zero-order chi connectivity index (χ0) is 14.4. The summed E-state index contributed by atoms with van der Waals surface area (Å²) < 4.78 is 5.82. The van der Waals surface area contributed by atoms with Crippen molar-refractivity contribution in [1.29, 1.82) is 0 Å². The first-order valence-electron chi connectivity index (χ1n) is 6.49. The summed E-state index contributed by atoms with van der Waals surface area (Å²) in [4.78, 5) is 4.50. The highest BCUT2D eigenvalue weighted by Crippen LogP contribution is 2.32. The van der Waals surface area contributed by atoms with Gasteiger partial charge in [-0.2, -0.15) is 0 Å². The van der Waals surface area contributed by atoms with E-state index in [-0.39, 0.29) is 5.75 Å². The van der Waals surface area contributed by atoms with Crippen LogP contribution in [0.1, 0.15) is 0 Å². The number of aromatic nitrogens is 1. The highest BCUT2D eigenvalue weighted by Gasteiger charge is 2.11. The van der Waals surface area contributed by atoms with Crippen LogP contribution in [0.5, 0.6) is 5.75 Å². The lowest BCUT2D eigenvalue weighted by molar-refractivity contribution is 0.476. The van der Waals surface area contributed by atoms with E-state index >= 15 is 0 Å². The number of benzene rings is 3. The minimum atomic E-state index is 0.240. The fourth-order valence-electron chi connectivity index (χ4n) is 2.47. The maximum Gasteiger partial charge on any atom is 0.227 e. The molecular formula is C17H10ClNO2. The van der Waals surface area contributed by atoms with Crippen molar-refractivity contribution in [2.24, 2.45) is 0 Å². The lowest BCUT2D eigenvalue weighted by Gasteiger charge is -2.03. The molecule has 3 nitrogen and oxygen atoms in total. The van der Waals surface area contributed by atoms with Gasteiger partial charge in [0.25, 0.3) is 0 Å². The molecule has 0 amide bonds. The summed E-state index contributed by atoms with van der Waals surface area (Å²) in [6, 6.07) is 16.4. The molecule has 0 fully saturated rings. The molecule has 21 heavy (non-hydrogen) atoms. The Morgan fingerprint density at radius 2 is 1.90 bits per heavy atom. The van der Waals surface area contributed by atoms with Crippen molar-refractivity contribution < 1.29 is 9.52 Å². The molecule has 0 aliphatic heterocycles. The summed E-state index contributed by atoms with van der Waals surface area (Å²) in [6.45, 7) is 0. The van der Waals surface area contributed by atoms with Crippen molar-refractivity contribution in [1.82, 2.24) is 4.98 Å². The standard InChI is InChI=1S/C17H10ClNO2/c18-11-4-7-16-15(9-11)19-17(21-16)14-3-1-2-10-8-12(20)5-6-13(10)14/h1-9,20H. The molecule has 1 aromatic heterocycles. The lowest BCUT2D eigenvalue weighted by atomic mass is 10.0.